The maximum Gasteiger partial charge on any atom is 0.306 e. The lowest BCUT2D eigenvalue weighted by molar-refractivity contribution is -0.147. The molecule has 0 spiro atoms. The second-order valence-electron chi connectivity index (χ2n) is 5.99. The average Bonchev–Trinajstić information content (AvgIpc) is 2.24. The van der Waals surface area contributed by atoms with Crippen molar-refractivity contribution < 1.29 is 19.4 Å². The fourth-order valence-electron chi connectivity index (χ4n) is 1.90. The van der Waals surface area contributed by atoms with Crippen LogP contribution in [0.5, 0.6) is 0 Å². The van der Waals surface area contributed by atoms with Gasteiger partial charge in [0.05, 0.1) is 19.1 Å². The van der Waals surface area contributed by atoms with Gasteiger partial charge in [0.15, 0.2) is 0 Å². The quantitative estimate of drug-likeness (QED) is 0.829. The zero-order valence-corrected chi connectivity index (χ0v) is 11.4. The summed E-state index contributed by atoms with van der Waals surface area (Å²) in [7, 11) is 0. The highest BCUT2D eigenvalue weighted by molar-refractivity contribution is 5.76. The molecule has 1 fully saturated rings. The second kappa shape index (κ2) is 6.18. The van der Waals surface area contributed by atoms with Gasteiger partial charge in [-0.3, -0.25) is 9.59 Å². The van der Waals surface area contributed by atoms with Crippen molar-refractivity contribution in [2.24, 2.45) is 5.41 Å². The van der Waals surface area contributed by atoms with Crippen LogP contribution in [0.2, 0.25) is 0 Å². The number of hydrogen-bond acceptors (Lipinski definition) is 3. The number of aliphatic carboxylic acids is 1. The lowest BCUT2D eigenvalue weighted by Crippen LogP contribution is -2.46. The lowest BCUT2D eigenvalue weighted by atomic mass is 9.90. The summed E-state index contributed by atoms with van der Waals surface area (Å²) in [6.07, 6.45) is 0.953. The summed E-state index contributed by atoms with van der Waals surface area (Å²) in [6.45, 7) is 7.71. The van der Waals surface area contributed by atoms with Crippen LogP contribution in [0.15, 0.2) is 0 Å². The Kier molecular flexibility index (Phi) is 5.14. The molecule has 0 aromatic carbocycles. The second-order valence-corrected chi connectivity index (χ2v) is 5.99. The lowest BCUT2D eigenvalue weighted by Gasteiger charge is -2.33. The van der Waals surface area contributed by atoms with Crippen LogP contribution < -0.4 is 0 Å². The molecule has 1 saturated heterocycles. The van der Waals surface area contributed by atoms with E-state index < -0.39 is 5.97 Å². The third kappa shape index (κ3) is 5.49. The minimum absolute atomic E-state index is 0.0386. The van der Waals surface area contributed by atoms with Crippen LogP contribution in [0.25, 0.3) is 0 Å². The van der Waals surface area contributed by atoms with Crippen molar-refractivity contribution in [2.75, 3.05) is 19.7 Å². The largest absolute Gasteiger partial charge is 0.481 e. The van der Waals surface area contributed by atoms with Crippen molar-refractivity contribution in [3.63, 3.8) is 0 Å². The van der Waals surface area contributed by atoms with Gasteiger partial charge in [-0.15, -0.1) is 0 Å². The van der Waals surface area contributed by atoms with Crippen LogP contribution in [0.3, 0.4) is 0 Å². The maximum absolute atomic E-state index is 12.0. The molecule has 0 saturated carbocycles. The minimum atomic E-state index is -0.885. The molecule has 1 amide bonds. The number of ether oxygens (including phenoxy) is 1. The van der Waals surface area contributed by atoms with E-state index in [0.717, 1.165) is 6.42 Å². The molecule has 1 aliphatic rings. The monoisotopic (exact) mass is 257 g/mol. The molecule has 5 nitrogen and oxygen atoms in total. The molecular weight excluding hydrogens is 234 g/mol. The maximum atomic E-state index is 12.0. The summed E-state index contributed by atoms with van der Waals surface area (Å²) in [5.74, 6) is -0.785. The zero-order valence-electron chi connectivity index (χ0n) is 11.4. The van der Waals surface area contributed by atoms with E-state index in [-0.39, 0.29) is 23.8 Å². The van der Waals surface area contributed by atoms with Crippen molar-refractivity contribution in [1.29, 1.82) is 0 Å². The fraction of sp³-hybridized carbons (Fsp3) is 0.846. The van der Waals surface area contributed by atoms with Gasteiger partial charge in [-0.25, -0.2) is 0 Å². The number of rotatable bonds is 4. The van der Waals surface area contributed by atoms with E-state index >= 15 is 0 Å². The summed E-state index contributed by atoms with van der Waals surface area (Å²) < 4.78 is 5.34. The number of carboxylic acids is 1. The molecule has 1 heterocycles. The molecular formula is C13H23NO4. The number of carboxylic acid groups (broad SMARTS) is 1. The normalized spacial score (nSPS) is 20.8. The molecule has 0 radical (unpaired) electrons. The predicted octanol–water partition coefficient (Wildman–Crippen LogP) is 1.51. The Balaban J connectivity index is 2.41. The van der Waals surface area contributed by atoms with E-state index in [4.69, 9.17) is 9.84 Å². The number of amides is 1. The zero-order chi connectivity index (χ0) is 13.8. The van der Waals surface area contributed by atoms with Crippen LogP contribution in [0.4, 0.5) is 0 Å². The number of hydrogen-bond donors (Lipinski definition) is 1. The Bertz CT molecular complexity index is 309. The molecule has 1 atom stereocenters. The smallest absolute Gasteiger partial charge is 0.306 e. The highest BCUT2D eigenvalue weighted by atomic mass is 16.5. The van der Waals surface area contributed by atoms with Crippen LogP contribution in [-0.4, -0.2) is 47.7 Å². The molecule has 0 bridgehead atoms. The average molecular weight is 257 g/mol. The highest BCUT2D eigenvalue weighted by Gasteiger charge is 2.26. The third-order valence-electron chi connectivity index (χ3n) is 2.98. The van der Waals surface area contributed by atoms with Crippen molar-refractivity contribution in [1.82, 2.24) is 4.90 Å². The van der Waals surface area contributed by atoms with Crippen molar-refractivity contribution in [3.05, 3.63) is 0 Å². The van der Waals surface area contributed by atoms with E-state index in [2.05, 4.69) is 20.8 Å². The Morgan fingerprint density at radius 2 is 2.06 bits per heavy atom. The van der Waals surface area contributed by atoms with E-state index in [1.807, 2.05) is 0 Å². The first kappa shape index (κ1) is 15.0. The molecule has 104 valence electrons. The van der Waals surface area contributed by atoms with Gasteiger partial charge in [-0.1, -0.05) is 20.8 Å². The minimum Gasteiger partial charge on any atom is -0.481 e. The van der Waals surface area contributed by atoms with Crippen molar-refractivity contribution in [2.45, 2.75) is 46.1 Å². The van der Waals surface area contributed by atoms with Crippen LogP contribution in [0.1, 0.15) is 40.0 Å². The third-order valence-corrected chi connectivity index (χ3v) is 2.98. The molecule has 0 unspecified atom stereocenters. The Morgan fingerprint density at radius 3 is 2.61 bits per heavy atom. The highest BCUT2D eigenvalue weighted by Crippen LogP contribution is 2.21. The van der Waals surface area contributed by atoms with E-state index in [1.54, 1.807) is 4.90 Å². The summed E-state index contributed by atoms with van der Waals surface area (Å²) in [5.41, 5.74) is 0.141. The van der Waals surface area contributed by atoms with Gasteiger partial charge in [0.1, 0.15) is 0 Å². The first-order valence-electron chi connectivity index (χ1n) is 6.39. The van der Waals surface area contributed by atoms with Gasteiger partial charge in [0, 0.05) is 19.5 Å². The van der Waals surface area contributed by atoms with Gasteiger partial charge in [0.25, 0.3) is 0 Å². The summed E-state index contributed by atoms with van der Waals surface area (Å²) in [4.78, 5) is 24.3. The molecule has 0 aromatic rings. The number of morpholine rings is 1. The number of carbonyl (C=O) groups is 2. The van der Waals surface area contributed by atoms with Gasteiger partial charge in [-0.05, 0) is 11.8 Å². The van der Waals surface area contributed by atoms with Gasteiger partial charge >= 0.3 is 5.97 Å². The topological polar surface area (TPSA) is 66.8 Å². The van der Waals surface area contributed by atoms with E-state index in [0.29, 0.717) is 26.1 Å². The van der Waals surface area contributed by atoms with E-state index in [9.17, 15) is 9.59 Å². The summed E-state index contributed by atoms with van der Waals surface area (Å²) in [6, 6.07) is 0. The molecule has 5 heteroatoms. The van der Waals surface area contributed by atoms with Crippen molar-refractivity contribution >= 4 is 11.9 Å². The first-order chi connectivity index (χ1) is 8.28. The Morgan fingerprint density at radius 1 is 1.39 bits per heavy atom. The Hall–Kier alpha value is -1.10. The van der Waals surface area contributed by atoms with Gasteiger partial charge in [0.2, 0.25) is 5.91 Å². The predicted molar refractivity (Wildman–Crippen MR) is 67.3 cm³/mol. The summed E-state index contributed by atoms with van der Waals surface area (Å²) >= 11 is 0. The SMILES string of the molecule is CC(C)(C)CCC(=O)N1CCO[C@@H](CC(=O)O)C1. The van der Waals surface area contributed by atoms with Gasteiger partial charge < -0.3 is 14.7 Å². The number of carbonyl (C=O) groups excluding carboxylic acids is 1. The molecule has 0 aromatic heterocycles. The standard InChI is InChI=1S/C13H23NO4/c1-13(2,3)5-4-11(15)14-6-7-18-10(9-14)8-12(16)17/h10H,4-9H2,1-3H3,(H,16,17)/t10-/m0/s1. The van der Waals surface area contributed by atoms with Crippen LogP contribution in [-0.2, 0) is 14.3 Å². The van der Waals surface area contributed by atoms with Crippen LogP contribution >= 0.6 is 0 Å². The number of nitrogens with zero attached hydrogens (tertiary/aromatic N) is 1. The fourth-order valence-corrected chi connectivity index (χ4v) is 1.90. The Labute approximate surface area is 108 Å². The van der Waals surface area contributed by atoms with Crippen LogP contribution in [0, 0.1) is 5.41 Å². The molecule has 18 heavy (non-hydrogen) atoms. The first-order valence-corrected chi connectivity index (χ1v) is 6.39. The van der Waals surface area contributed by atoms with E-state index in [1.165, 1.54) is 0 Å². The molecule has 1 rings (SSSR count). The van der Waals surface area contributed by atoms with Crippen molar-refractivity contribution in [3.8, 4) is 0 Å². The molecule has 1 aliphatic heterocycles. The molecule has 0 aliphatic carbocycles. The van der Waals surface area contributed by atoms with Gasteiger partial charge in [-0.2, -0.15) is 0 Å². The summed E-state index contributed by atoms with van der Waals surface area (Å²) in [5, 5.41) is 8.72. The molecule has 1 N–H and O–H groups in total.